The van der Waals surface area contributed by atoms with Crippen molar-refractivity contribution in [1.82, 2.24) is 9.46 Å². The highest BCUT2D eigenvalue weighted by Crippen LogP contribution is 2.28. The van der Waals surface area contributed by atoms with E-state index < -0.39 is 15.9 Å². The standard InChI is InChI=1S/C20H28N4O4S/c1-5-23(4)18-10-6-9-17(12-18)21-20(25)16-8-7-11-24(13-16)29(26,27)19-14(2)22-28-15(19)3/h6,9-10,12,16H,5,7-8,11,13H2,1-4H3,(H,21,25). The number of carbonyl (C=O) groups is 1. The van der Waals surface area contributed by atoms with E-state index in [1.165, 1.54) is 4.31 Å². The number of aryl methyl sites for hydroxylation is 2. The molecule has 1 aliphatic rings. The fraction of sp³-hybridized carbons (Fsp3) is 0.500. The smallest absolute Gasteiger partial charge is 0.248 e. The molecule has 1 aliphatic heterocycles. The quantitative estimate of drug-likeness (QED) is 0.772. The third-order valence-corrected chi connectivity index (χ3v) is 7.46. The largest absolute Gasteiger partial charge is 0.375 e. The van der Waals surface area contributed by atoms with Crippen LogP contribution in [-0.4, -0.2) is 50.5 Å². The summed E-state index contributed by atoms with van der Waals surface area (Å²) in [5, 5.41) is 6.70. The van der Waals surface area contributed by atoms with E-state index in [1.807, 2.05) is 31.3 Å². The Bertz CT molecular complexity index is 967. The molecule has 1 aromatic carbocycles. The summed E-state index contributed by atoms with van der Waals surface area (Å²) < 4.78 is 32.5. The van der Waals surface area contributed by atoms with Gasteiger partial charge >= 0.3 is 0 Å². The number of nitrogens with zero attached hydrogens (tertiary/aromatic N) is 3. The molecular weight excluding hydrogens is 392 g/mol. The molecule has 9 heteroatoms. The molecule has 1 aromatic heterocycles. The minimum atomic E-state index is -3.75. The van der Waals surface area contributed by atoms with Crippen molar-refractivity contribution in [2.45, 2.75) is 38.5 Å². The topological polar surface area (TPSA) is 95.8 Å². The number of benzene rings is 1. The maximum Gasteiger partial charge on any atom is 0.248 e. The Hall–Kier alpha value is -2.39. The highest BCUT2D eigenvalue weighted by molar-refractivity contribution is 7.89. The average molecular weight is 421 g/mol. The number of carbonyl (C=O) groups excluding carboxylic acids is 1. The Morgan fingerprint density at radius 3 is 2.79 bits per heavy atom. The van der Waals surface area contributed by atoms with E-state index in [9.17, 15) is 13.2 Å². The maximum absolute atomic E-state index is 13.1. The van der Waals surface area contributed by atoms with Crippen LogP contribution in [0, 0.1) is 19.8 Å². The van der Waals surface area contributed by atoms with Gasteiger partial charge in [-0.25, -0.2) is 8.42 Å². The van der Waals surface area contributed by atoms with Gasteiger partial charge in [0, 0.05) is 38.1 Å². The van der Waals surface area contributed by atoms with Crippen LogP contribution in [0.2, 0.25) is 0 Å². The van der Waals surface area contributed by atoms with Gasteiger partial charge in [0.1, 0.15) is 10.6 Å². The molecule has 0 aliphatic carbocycles. The molecule has 1 amide bonds. The third-order valence-electron chi connectivity index (χ3n) is 5.35. The van der Waals surface area contributed by atoms with Crippen molar-refractivity contribution in [3.63, 3.8) is 0 Å². The predicted octanol–water partition coefficient (Wildman–Crippen LogP) is 2.79. The van der Waals surface area contributed by atoms with Gasteiger partial charge in [0.05, 0.1) is 5.92 Å². The van der Waals surface area contributed by atoms with Crippen LogP contribution in [0.25, 0.3) is 0 Å². The second-order valence-electron chi connectivity index (χ2n) is 7.41. The molecule has 29 heavy (non-hydrogen) atoms. The highest BCUT2D eigenvalue weighted by atomic mass is 32.2. The van der Waals surface area contributed by atoms with Gasteiger partial charge in [-0.1, -0.05) is 11.2 Å². The van der Waals surface area contributed by atoms with Crippen LogP contribution in [0.3, 0.4) is 0 Å². The number of sulfonamides is 1. The minimum Gasteiger partial charge on any atom is -0.375 e. The lowest BCUT2D eigenvalue weighted by molar-refractivity contribution is -0.120. The first-order valence-corrected chi connectivity index (χ1v) is 11.2. The molecule has 1 N–H and O–H groups in total. The van der Waals surface area contributed by atoms with Crippen LogP contribution in [0.15, 0.2) is 33.7 Å². The molecule has 1 unspecified atom stereocenters. The molecule has 1 atom stereocenters. The lowest BCUT2D eigenvalue weighted by Crippen LogP contribution is -2.43. The molecule has 1 saturated heterocycles. The van der Waals surface area contributed by atoms with Crippen molar-refractivity contribution in [2.24, 2.45) is 5.92 Å². The molecule has 0 radical (unpaired) electrons. The zero-order valence-electron chi connectivity index (χ0n) is 17.3. The van der Waals surface area contributed by atoms with Crippen LogP contribution < -0.4 is 10.2 Å². The number of rotatable bonds is 6. The summed E-state index contributed by atoms with van der Waals surface area (Å²) in [6.45, 7) is 6.63. The third kappa shape index (κ3) is 4.45. The SMILES string of the molecule is CCN(C)c1cccc(NC(=O)C2CCCN(S(=O)(=O)c3c(C)noc3C)C2)c1. The molecular formula is C20H28N4O4S. The summed E-state index contributed by atoms with van der Waals surface area (Å²) >= 11 is 0. The van der Waals surface area contributed by atoms with Crippen LogP contribution in [0.4, 0.5) is 11.4 Å². The summed E-state index contributed by atoms with van der Waals surface area (Å²) in [7, 11) is -1.76. The second-order valence-corrected chi connectivity index (χ2v) is 9.28. The first kappa shape index (κ1) is 21.3. The van der Waals surface area contributed by atoms with Crippen LogP contribution >= 0.6 is 0 Å². The number of hydrogen-bond acceptors (Lipinski definition) is 6. The number of anilines is 2. The average Bonchev–Trinajstić information content (AvgIpc) is 3.06. The molecule has 2 aromatic rings. The fourth-order valence-electron chi connectivity index (χ4n) is 3.59. The monoisotopic (exact) mass is 420 g/mol. The van der Waals surface area contributed by atoms with E-state index in [1.54, 1.807) is 13.8 Å². The Morgan fingerprint density at radius 2 is 2.14 bits per heavy atom. The van der Waals surface area contributed by atoms with E-state index >= 15 is 0 Å². The summed E-state index contributed by atoms with van der Waals surface area (Å²) in [5.41, 5.74) is 2.06. The van der Waals surface area contributed by atoms with Gasteiger partial charge in [-0.05, 0) is 51.8 Å². The number of aromatic nitrogens is 1. The Balaban J connectivity index is 1.73. The number of amides is 1. The predicted molar refractivity (Wildman–Crippen MR) is 111 cm³/mol. The summed E-state index contributed by atoms with van der Waals surface area (Å²) in [4.78, 5) is 15.0. The highest BCUT2D eigenvalue weighted by Gasteiger charge is 2.36. The molecule has 1 fully saturated rings. The number of hydrogen-bond donors (Lipinski definition) is 1. The van der Waals surface area contributed by atoms with Crippen LogP contribution in [-0.2, 0) is 14.8 Å². The van der Waals surface area contributed by atoms with Gasteiger partial charge in [0.2, 0.25) is 15.9 Å². The molecule has 0 spiro atoms. The van der Waals surface area contributed by atoms with Crippen molar-refractivity contribution in [1.29, 1.82) is 0 Å². The van der Waals surface area contributed by atoms with Crippen LogP contribution in [0.5, 0.6) is 0 Å². The van der Waals surface area contributed by atoms with E-state index in [-0.39, 0.29) is 23.1 Å². The van der Waals surface area contributed by atoms with Gasteiger partial charge in [-0.15, -0.1) is 0 Å². The van der Waals surface area contributed by atoms with Gasteiger partial charge in [-0.3, -0.25) is 4.79 Å². The summed E-state index contributed by atoms with van der Waals surface area (Å²) in [6, 6.07) is 7.64. The number of piperidine rings is 1. The van der Waals surface area contributed by atoms with Gasteiger partial charge in [-0.2, -0.15) is 4.31 Å². The molecule has 0 saturated carbocycles. The van der Waals surface area contributed by atoms with E-state index in [0.717, 1.165) is 12.2 Å². The van der Waals surface area contributed by atoms with Crippen molar-refractivity contribution in [3.8, 4) is 0 Å². The summed E-state index contributed by atoms with van der Waals surface area (Å²) in [6.07, 6.45) is 1.27. The first-order valence-electron chi connectivity index (χ1n) is 9.79. The Kier molecular flexibility index (Phi) is 6.28. The second kappa shape index (κ2) is 8.54. The molecule has 0 bridgehead atoms. The molecule has 158 valence electrons. The van der Waals surface area contributed by atoms with Gasteiger partial charge in [0.15, 0.2) is 5.76 Å². The first-order chi connectivity index (χ1) is 13.7. The van der Waals surface area contributed by atoms with E-state index in [2.05, 4.69) is 22.3 Å². The lowest BCUT2D eigenvalue weighted by Gasteiger charge is -2.31. The summed E-state index contributed by atoms with van der Waals surface area (Å²) in [5.74, 6) is -0.308. The molecule has 3 rings (SSSR count). The van der Waals surface area contributed by atoms with Gasteiger partial charge in [0.25, 0.3) is 0 Å². The normalized spacial score (nSPS) is 17.9. The van der Waals surface area contributed by atoms with Gasteiger partial charge < -0.3 is 14.7 Å². The van der Waals surface area contributed by atoms with Crippen molar-refractivity contribution in [3.05, 3.63) is 35.7 Å². The zero-order valence-corrected chi connectivity index (χ0v) is 18.1. The van der Waals surface area contributed by atoms with E-state index in [4.69, 9.17) is 4.52 Å². The fourth-order valence-corrected chi connectivity index (χ4v) is 5.41. The number of nitrogens with one attached hydrogen (secondary N) is 1. The Labute approximate surface area is 171 Å². The zero-order chi connectivity index (χ0) is 21.2. The molecule has 8 nitrogen and oxygen atoms in total. The maximum atomic E-state index is 13.1. The minimum absolute atomic E-state index is 0.105. The van der Waals surface area contributed by atoms with Crippen molar-refractivity contribution < 1.29 is 17.7 Å². The van der Waals surface area contributed by atoms with Crippen LogP contribution in [0.1, 0.15) is 31.2 Å². The Morgan fingerprint density at radius 1 is 1.38 bits per heavy atom. The van der Waals surface area contributed by atoms with E-state index in [0.29, 0.717) is 30.8 Å². The molecule has 2 heterocycles. The lowest BCUT2D eigenvalue weighted by atomic mass is 9.98. The van der Waals surface area contributed by atoms with Crippen molar-refractivity contribution in [2.75, 3.05) is 36.9 Å². The van der Waals surface area contributed by atoms with Crippen molar-refractivity contribution >= 4 is 27.3 Å².